The van der Waals surface area contributed by atoms with Crippen molar-refractivity contribution in [1.82, 2.24) is 15.1 Å². The highest BCUT2D eigenvalue weighted by Gasteiger charge is 2.32. The summed E-state index contributed by atoms with van der Waals surface area (Å²) in [7, 11) is 2.03. The second-order valence-corrected chi connectivity index (χ2v) is 6.31. The van der Waals surface area contributed by atoms with Crippen molar-refractivity contribution in [3.05, 3.63) is 17.0 Å². The van der Waals surface area contributed by atoms with E-state index in [-0.39, 0.29) is 0 Å². The molecule has 4 unspecified atom stereocenters. The predicted octanol–water partition coefficient (Wildman–Crippen LogP) is 3.51. The van der Waals surface area contributed by atoms with Crippen LogP contribution in [0.3, 0.4) is 0 Å². The smallest absolute Gasteiger partial charge is 0.0644 e. The molecule has 0 amide bonds. The summed E-state index contributed by atoms with van der Waals surface area (Å²) in [6.07, 6.45) is 4.02. The summed E-state index contributed by atoms with van der Waals surface area (Å²) in [5.74, 6) is 1.70. The lowest BCUT2D eigenvalue weighted by Gasteiger charge is -2.25. The van der Waals surface area contributed by atoms with E-state index in [0.717, 1.165) is 17.5 Å². The van der Waals surface area contributed by atoms with Gasteiger partial charge < -0.3 is 5.32 Å². The fraction of sp³-hybridized carbons (Fsp3) is 0.812. The second kappa shape index (κ2) is 5.66. The third kappa shape index (κ3) is 2.71. The van der Waals surface area contributed by atoms with E-state index in [2.05, 4.69) is 45.0 Å². The molecule has 0 spiro atoms. The topological polar surface area (TPSA) is 29.9 Å². The Morgan fingerprint density at radius 3 is 2.53 bits per heavy atom. The molecule has 0 bridgehead atoms. The van der Waals surface area contributed by atoms with Crippen molar-refractivity contribution >= 4 is 0 Å². The molecule has 1 aliphatic rings. The third-order valence-corrected chi connectivity index (χ3v) is 5.21. The molecule has 1 fully saturated rings. The fourth-order valence-corrected chi connectivity index (χ4v) is 3.88. The molecule has 1 heterocycles. The van der Waals surface area contributed by atoms with Gasteiger partial charge in [-0.1, -0.05) is 20.3 Å². The van der Waals surface area contributed by atoms with Crippen molar-refractivity contribution < 1.29 is 0 Å². The average molecular weight is 263 g/mol. The van der Waals surface area contributed by atoms with Crippen LogP contribution in [0.15, 0.2) is 0 Å². The van der Waals surface area contributed by atoms with Crippen LogP contribution >= 0.6 is 0 Å². The van der Waals surface area contributed by atoms with Crippen LogP contribution in [0.25, 0.3) is 0 Å². The average Bonchev–Trinajstić information content (AvgIpc) is 2.81. The molecule has 0 aromatic carbocycles. The van der Waals surface area contributed by atoms with Crippen molar-refractivity contribution in [1.29, 1.82) is 0 Å². The zero-order valence-corrected chi connectivity index (χ0v) is 13.3. The maximum Gasteiger partial charge on any atom is 0.0644 e. The minimum atomic E-state index is 0.400. The summed E-state index contributed by atoms with van der Waals surface area (Å²) >= 11 is 0. The molecule has 1 aromatic rings. The molecule has 4 atom stereocenters. The minimum absolute atomic E-state index is 0.400. The summed E-state index contributed by atoms with van der Waals surface area (Å²) in [6.45, 7) is 11.3. The molecule has 3 nitrogen and oxygen atoms in total. The van der Waals surface area contributed by atoms with Gasteiger partial charge in [0.2, 0.25) is 0 Å². The summed E-state index contributed by atoms with van der Waals surface area (Å²) in [4.78, 5) is 0. The van der Waals surface area contributed by atoms with Crippen molar-refractivity contribution in [2.24, 2.45) is 18.9 Å². The van der Waals surface area contributed by atoms with Crippen LogP contribution in [0.1, 0.15) is 63.0 Å². The van der Waals surface area contributed by atoms with E-state index in [9.17, 15) is 0 Å². The molecule has 1 N–H and O–H groups in total. The monoisotopic (exact) mass is 263 g/mol. The minimum Gasteiger partial charge on any atom is -0.307 e. The second-order valence-electron chi connectivity index (χ2n) is 6.31. The molecular formula is C16H29N3. The third-order valence-electron chi connectivity index (χ3n) is 5.21. The maximum absolute atomic E-state index is 4.53. The summed E-state index contributed by atoms with van der Waals surface area (Å²) in [6, 6.07) is 1.07. The molecule has 0 saturated heterocycles. The van der Waals surface area contributed by atoms with Crippen LogP contribution in [0.5, 0.6) is 0 Å². The van der Waals surface area contributed by atoms with Gasteiger partial charge in [-0.05, 0) is 45.4 Å². The molecule has 19 heavy (non-hydrogen) atoms. The first-order chi connectivity index (χ1) is 8.95. The molecule has 108 valence electrons. The molecule has 0 radical (unpaired) electrons. The Kier molecular flexibility index (Phi) is 4.34. The van der Waals surface area contributed by atoms with Crippen molar-refractivity contribution in [3.8, 4) is 0 Å². The zero-order valence-electron chi connectivity index (χ0n) is 13.3. The first-order valence-electron chi connectivity index (χ1n) is 7.71. The number of hydrogen-bond donors (Lipinski definition) is 1. The van der Waals surface area contributed by atoms with E-state index < -0.39 is 0 Å². The Balaban J connectivity index is 2.07. The van der Waals surface area contributed by atoms with Gasteiger partial charge in [0.15, 0.2) is 0 Å². The lowest BCUT2D eigenvalue weighted by molar-refractivity contribution is 0.327. The number of aromatic nitrogens is 2. The van der Waals surface area contributed by atoms with Crippen molar-refractivity contribution in [3.63, 3.8) is 0 Å². The normalized spacial score (nSPS) is 28.8. The van der Waals surface area contributed by atoms with Crippen LogP contribution < -0.4 is 5.32 Å². The van der Waals surface area contributed by atoms with Crippen LogP contribution in [0, 0.1) is 25.7 Å². The van der Waals surface area contributed by atoms with Gasteiger partial charge in [0.25, 0.3) is 0 Å². The molecule has 3 heteroatoms. The molecule has 1 aliphatic carbocycles. The van der Waals surface area contributed by atoms with Gasteiger partial charge in [-0.15, -0.1) is 0 Å². The summed E-state index contributed by atoms with van der Waals surface area (Å²) < 4.78 is 2.00. The zero-order chi connectivity index (χ0) is 14.2. The van der Waals surface area contributed by atoms with E-state index in [0.29, 0.717) is 12.1 Å². The molecule has 0 aliphatic heterocycles. The molecule has 2 rings (SSSR count). The Morgan fingerprint density at radius 2 is 2.05 bits per heavy atom. The standard InChI is InChI=1S/C16H29N3/c1-7-14-8-9-15(10(14)2)17-11(3)16-12(4)18-19(6)13(16)5/h10-11,14-15,17H,7-9H2,1-6H3. The number of nitrogens with one attached hydrogen (secondary N) is 1. The maximum atomic E-state index is 4.53. The molecular weight excluding hydrogens is 234 g/mol. The first-order valence-corrected chi connectivity index (χ1v) is 7.71. The largest absolute Gasteiger partial charge is 0.307 e. The number of hydrogen-bond acceptors (Lipinski definition) is 2. The highest BCUT2D eigenvalue weighted by molar-refractivity contribution is 5.27. The van der Waals surface area contributed by atoms with Gasteiger partial charge in [-0.2, -0.15) is 5.10 Å². The Bertz CT molecular complexity index is 435. The molecule has 1 saturated carbocycles. The summed E-state index contributed by atoms with van der Waals surface area (Å²) in [5, 5.41) is 8.38. The van der Waals surface area contributed by atoms with Gasteiger partial charge in [0.1, 0.15) is 0 Å². The number of rotatable bonds is 4. The van der Waals surface area contributed by atoms with E-state index in [1.165, 1.54) is 30.5 Å². The Morgan fingerprint density at radius 1 is 1.37 bits per heavy atom. The van der Waals surface area contributed by atoms with Crippen LogP contribution in [-0.2, 0) is 7.05 Å². The van der Waals surface area contributed by atoms with E-state index in [1.54, 1.807) is 0 Å². The number of nitrogens with zero attached hydrogens (tertiary/aromatic N) is 2. The van der Waals surface area contributed by atoms with Crippen molar-refractivity contribution in [2.75, 3.05) is 0 Å². The van der Waals surface area contributed by atoms with E-state index in [4.69, 9.17) is 0 Å². The van der Waals surface area contributed by atoms with Gasteiger partial charge in [-0.3, -0.25) is 4.68 Å². The number of aryl methyl sites for hydroxylation is 2. The van der Waals surface area contributed by atoms with Gasteiger partial charge in [0, 0.05) is 30.4 Å². The first kappa shape index (κ1) is 14.6. The molecule has 1 aromatic heterocycles. The summed E-state index contributed by atoms with van der Waals surface area (Å²) in [5.41, 5.74) is 3.84. The quantitative estimate of drug-likeness (QED) is 0.901. The fourth-order valence-electron chi connectivity index (χ4n) is 3.88. The SMILES string of the molecule is CCC1CCC(NC(C)c2c(C)nn(C)c2C)C1C. The van der Waals surface area contributed by atoms with E-state index in [1.807, 2.05) is 11.7 Å². The highest BCUT2D eigenvalue weighted by atomic mass is 15.3. The van der Waals surface area contributed by atoms with Crippen LogP contribution in [0.2, 0.25) is 0 Å². The Hall–Kier alpha value is -0.830. The van der Waals surface area contributed by atoms with Gasteiger partial charge in [-0.25, -0.2) is 0 Å². The highest BCUT2D eigenvalue weighted by Crippen LogP contribution is 2.35. The lowest BCUT2D eigenvalue weighted by Crippen LogP contribution is -2.35. The van der Waals surface area contributed by atoms with Gasteiger partial charge >= 0.3 is 0 Å². The van der Waals surface area contributed by atoms with Crippen LogP contribution in [-0.4, -0.2) is 15.8 Å². The van der Waals surface area contributed by atoms with Crippen LogP contribution in [0.4, 0.5) is 0 Å². The van der Waals surface area contributed by atoms with Crippen molar-refractivity contribution in [2.45, 2.75) is 66.0 Å². The Labute approximate surface area is 117 Å². The predicted molar refractivity (Wildman–Crippen MR) is 80.2 cm³/mol. The van der Waals surface area contributed by atoms with Gasteiger partial charge in [0.05, 0.1) is 5.69 Å². The lowest BCUT2D eigenvalue weighted by atomic mass is 9.93. The van der Waals surface area contributed by atoms with E-state index >= 15 is 0 Å².